The summed E-state index contributed by atoms with van der Waals surface area (Å²) in [6, 6.07) is 13.5. The van der Waals surface area contributed by atoms with Crippen LogP contribution in [0, 0.1) is 11.3 Å². The van der Waals surface area contributed by atoms with Crippen molar-refractivity contribution in [3.05, 3.63) is 59.7 Å². The lowest BCUT2D eigenvalue weighted by atomic mass is 10.1. The summed E-state index contributed by atoms with van der Waals surface area (Å²) in [4.78, 5) is 15.8. The van der Waals surface area contributed by atoms with Gasteiger partial charge in [0.1, 0.15) is 0 Å². The Morgan fingerprint density at radius 1 is 1.04 bits per heavy atom. The van der Waals surface area contributed by atoms with E-state index in [1.54, 1.807) is 35.2 Å². The first kappa shape index (κ1) is 18.6. The number of amides is 2. The molecule has 27 heavy (non-hydrogen) atoms. The number of nitrogens with zero attached hydrogens (tertiary/aromatic N) is 3. The molecule has 0 aromatic heterocycles. The first-order chi connectivity index (χ1) is 12.9. The summed E-state index contributed by atoms with van der Waals surface area (Å²) < 4.78 is 38.6. The molecule has 0 spiro atoms. The lowest BCUT2D eigenvalue weighted by molar-refractivity contribution is -0.137. The van der Waals surface area contributed by atoms with E-state index in [1.807, 2.05) is 11.0 Å². The largest absolute Gasteiger partial charge is 0.416 e. The molecular formula is C19H17F3N4O. The van der Waals surface area contributed by atoms with E-state index in [4.69, 9.17) is 5.26 Å². The molecule has 0 saturated carbocycles. The van der Waals surface area contributed by atoms with Gasteiger partial charge in [-0.2, -0.15) is 18.4 Å². The van der Waals surface area contributed by atoms with Crippen molar-refractivity contribution < 1.29 is 18.0 Å². The number of halogens is 3. The highest BCUT2D eigenvalue weighted by molar-refractivity contribution is 5.89. The van der Waals surface area contributed by atoms with E-state index in [0.29, 0.717) is 43.1 Å². The molecule has 1 N–H and O–H groups in total. The van der Waals surface area contributed by atoms with E-state index < -0.39 is 11.7 Å². The van der Waals surface area contributed by atoms with Gasteiger partial charge < -0.3 is 15.1 Å². The second-order valence-corrected chi connectivity index (χ2v) is 6.14. The van der Waals surface area contributed by atoms with Crippen molar-refractivity contribution in [1.29, 1.82) is 5.26 Å². The molecule has 1 aliphatic heterocycles. The van der Waals surface area contributed by atoms with Crippen LogP contribution in [0.1, 0.15) is 11.1 Å². The zero-order valence-electron chi connectivity index (χ0n) is 14.3. The van der Waals surface area contributed by atoms with Crippen LogP contribution in [0.5, 0.6) is 0 Å². The summed E-state index contributed by atoms with van der Waals surface area (Å²) in [5.41, 5.74) is 0.903. The quantitative estimate of drug-likeness (QED) is 0.867. The average molecular weight is 374 g/mol. The second-order valence-electron chi connectivity index (χ2n) is 6.14. The topological polar surface area (TPSA) is 59.4 Å². The third kappa shape index (κ3) is 4.50. The Balaban J connectivity index is 1.58. The highest BCUT2D eigenvalue weighted by Gasteiger charge is 2.31. The normalized spacial score (nSPS) is 14.6. The van der Waals surface area contributed by atoms with Crippen LogP contribution in [-0.2, 0) is 6.18 Å². The van der Waals surface area contributed by atoms with Crippen molar-refractivity contribution in [2.45, 2.75) is 6.18 Å². The predicted molar refractivity (Wildman–Crippen MR) is 95.4 cm³/mol. The fraction of sp³-hybridized carbons (Fsp3) is 0.263. The molecule has 1 saturated heterocycles. The summed E-state index contributed by atoms with van der Waals surface area (Å²) in [5, 5.41) is 11.5. The molecule has 0 radical (unpaired) electrons. The Labute approximate surface area is 154 Å². The Morgan fingerprint density at radius 2 is 1.70 bits per heavy atom. The molecule has 0 aliphatic carbocycles. The van der Waals surface area contributed by atoms with E-state index in [2.05, 4.69) is 5.32 Å². The maximum atomic E-state index is 12.9. The van der Waals surface area contributed by atoms with E-state index in [-0.39, 0.29) is 6.03 Å². The van der Waals surface area contributed by atoms with Crippen LogP contribution >= 0.6 is 0 Å². The molecule has 3 rings (SSSR count). The molecule has 2 aromatic carbocycles. The maximum Gasteiger partial charge on any atom is 0.416 e. The third-order valence-corrected chi connectivity index (χ3v) is 4.37. The number of rotatable bonds is 2. The fourth-order valence-electron chi connectivity index (χ4n) is 2.88. The van der Waals surface area contributed by atoms with Crippen molar-refractivity contribution in [2.75, 3.05) is 36.4 Å². The molecule has 140 valence electrons. The standard InChI is InChI=1S/C19H17F3N4O/c20-19(21,22)15-2-1-3-17(12-15)25-8-10-26(11-9-25)18(27)24-16-6-4-14(13-23)5-7-16/h1-7,12H,8-11H2,(H,24,27). The van der Waals surface area contributed by atoms with Gasteiger partial charge in [0.05, 0.1) is 17.2 Å². The molecule has 1 aliphatic rings. The lowest BCUT2D eigenvalue weighted by Crippen LogP contribution is -2.50. The fourth-order valence-corrected chi connectivity index (χ4v) is 2.88. The van der Waals surface area contributed by atoms with Gasteiger partial charge in [-0.15, -0.1) is 0 Å². The molecule has 5 nitrogen and oxygen atoms in total. The smallest absolute Gasteiger partial charge is 0.368 e. The van der Waals surface area contributed by atoms with Crippen LogP contribution < -0.4 is 10.2 Å². The number of hydrogen-bond donors (Lipinski definition) is 1. The molecule has 0 atom stereocenters. The number of urea groups is 1. The second kappa shape index (κ2) is 7.58. The molecule has 0 bridgehead atoms. The summed E-state index contributed by atoms with van der Waals surface area (Å²) in [6.07, 6.45) is -4.38. The third-order valence-electron chi connectivity index (χ3n) is 4.37. The molecule has 1 heterocycles. The van der Waals surface area contributed by atoms with Gasteiger partial charge in [0.25, 0.3) is 0 Å². The number of hydrogen-bond acceptors (Lipinski definition) is 3. The van der Waals surface area contributed by atoms with Gasteiger partial charge in [0.15, 0.2) is 0 Å². The molecule has 8 heteroatoms. The van der Waals surface area contributed by atoms with Crippen LogP contribution in [0.25, 0.3) is 0 Å². The van der Waals surface area contributed by atoms with Crippen molar-refractivity contribution >= 4 is 17.4 Å². The van der Waals surface area contributed by atoms with E-state index in [1.165, 1.54) is 6.07 Å². The van der Waals surface area contributed by atoms with Gasteiger partial charge in [-0.25, -0.2) is 4.79 Å². The summed E-state index contributed by atoms with van der Waals surface area (Å²) >= 11 is 0. The number of piperazine rings is 1. The Morgan fingerprint density at radius 3 is 2.30 bits per heavy atom. The number of alkyl halides is 3. The first-order valence-corrected chi connectivity index (χ1v) is 8.35. The summed E-state index contributed by atoms with van der Waals surface area (Å²) in [5.74, 6) is 0. The number of carbonyl (C=O) groups excluding carboxylic acids is 1. The number of benzene rings is 2. The molecular weight excluding hydrogens is 357 g/mol. The van der Waals surface area contributed by atoms with Crippen LogP contribution in [0.4, 0.5) is 29.3 Å². The van der Waals surface area contributed by atoms with Gasteiger partial charge in [0.2, 0.25) is 0 Å². The molecule has 2 amide bonds. The van der Waals surface area contributed by atoms with Crippen molar-refractivity contribution in [2.24, 2.45) is 0 Å². The minimum Gasteiger partial charge on any atom is -0.368 e. The molecule has 2 aromatic rings. The van der Waals surface area contributed by atoms with Crippen molar-refractivity contribution in [1.82, 2.24) is 4.90 Å². The zero-order valence-corrected chi connectivity index (χ0v) is 14.3. The SMILES string of the molecule is N#Cc1ccc(NC(=O)N2CCN(c3cccc(C(F)(F)F)c3)CC2)cc1. The lowest BCUT2D eigenvalue weighted by Gasteiger charge is -2.36. The Kier molecular flexibility index (Phi) is 5.21. The van der Waals surface area contributed by atoms with Gasteiger partial charge in [0, 0.05) is 37.6 Å². The number of nitrogens with one attached hydrogen (secondary N) is 1. The van der Waals surface area contributed by atoms with Gasteiger partial charge in [-0.1, -0.05) is 6.07 Å². The first-order valence-electron chi connectivity index (χ1n) is 8.35. The van der Waals surface area contributed by atoms with Gasteiger partial charge in [-0.3, -0.25) is 0 Å². The van der Waals surface area contributed by atoms with Gasteiger partial charge in [-0.05, 0) is 42.5 Å². The van der Waals surface area contributed by atoms with E-state index in [9.17, 15) is 18.0 Å². The Bertz CT molecular complexity index is 850. The number of carbonyl (C=O) groups is 1. The Hall–Kier alpha value is -3.21. The minimum absolute atomic E-state index is 0.275. The van der Waals surface area contributed by atoms with Crippen LogP contribution in [0.3, 0.4) is 0 Å². The van der Waals surface area contributed by atoms with E-state index >= 15 is 0 Å². The monoisotopic (exact) mass is 374 g/mol. The van der Waals surface area contributed by atoms with Crippen LogP contribution in [0.15, 0.2) is 48.5 Å². The summed E-state index contributed by atoms with van der Waals surface area (Å²) in [7, 11) is 0. The molecule has 1 fully saturated rings. The van der Waals surface area contributed by atoms with Crippen molar-refractivity contribution in [3.63, 3.8) is 0 Å². The van der Waals surface area contributed by atoms with Crippen LogP contribution in [-0.4, -0.2) is 37.1 Å². The van der Waals surface area contributed by atoms with E-state index in [0.717, 1.165) is 12.1 Å². The molecule has 0 unspecified atom stereocenters. The predicted octanol–water partition coefficient (Wildman–Crippen LogP) is 3.93. The summed E-state index contributed by atoms with van der Waals surface area (Å²) in [6.45, 7) is 1.70. The number of nitriles is 1. The highest BCUT2D eigenvalue weighted by atomic mass is 19.4. The maximum absolute atomic E-state index is 12.9. The van der Waals surface area contributed by atoms with Gasteiger partial charge >= 0.3 is 12.2 Å². The minimum atomic E-state index is -4.38. The average Bonchev–Trinajstić information content (AvgIpc) is 2.68. The van der Waals surface area contributed by atoms with Crippen LogP contribution in [0.2, 0.25) is 0 Å². The number of anilines is 2. The highest BCUT2D eigenvalue weighted by Crippen LogP contribution is 2.31. The zero-order chi connectivity index (χ0) is 19.4. The van der Waals surface area contributed by atoms with Crippen molar-refractivity contribution in [3.8, 4) is 6.07 Å².